The Morgan fingerprint density at radius 2 is 1.45 bits per heavy atom. The van der Waals surface area contributed by atoms with Crippen LogP contribution in [0.4, 0.5) is 11.4 Å². The minimum Gasteiger partial charge on any atom is -0.548 e. The summed E-state index contributed by atoms with van der Waals surface area (Å²) in [6.07, 6.45) is 1.84. The zero-order chi connectivity index (χ0) is 14.1. The molecule has 20 heavy (non-hydrogen) atoms. The molecule has 0 unspecified atom stereocenters. The molecule has 1 aliphatic heterocycles. The van der Waals surface area contributed by atoms with Crippen LogP contribution in [0.5, 0.6) is 0 Å². The highest BCUT2D eigenvalue weighted by Gasteiger charge is 2.24. The number of hydrogen-bond donors (Lipinski definition) is 0. The van der Waals surface area contributed by atoms with Gasteiger partial charge in [0, 0.05) is 11.4 Å². The first-order chi connectivity index (χ1) is 9.68. The molecule has 102 valence electrons. The summed E-state index contributed by atoms with van der Waals surface area (Å²) >= 11 is 0. The average molecular weight is 266 g/mol. The van der Waals surface area contributed by atoms with Crippen LogP contribution in [0.15, 0.2) is 48.5 Å². The Bertz CT molecular complexity index is 603. The molecule has 0 radical (unpaired) electrons. The molecule has 0 amide bonds. The number of fused-ring (bicyclic) bond motifs is 2. The van der Waals surface area contributed by atoms with Gasteiger partial charge < -0.3 is 14.8 Å². The van der Waals surface area contributed by atoms with E-state index in [1.807, 2.05) is 41.3 Å². The third kappa shape index (κ3) is 2.05. The van der Waals surface area contributed by atoms with Crippen molar-refractivity contribution < 1.29 is 9.90 Å². The van der Waals surface area contributed by atoms with Crippen molar-refractivity contribution in [3.05, 3.63) is 59.7 Å². The SMILES string of the molecule is C[C@H](C(=O)[O-])N1c2ccccc2CCc2ccccc21. The third-order valence-corrected chi connectivity index (χ3v) is 3.89. The number of benzene rings is 2. The van der Waals surface area contributed by atoms with Gasteiger partial charge in [-0.05, 0) is 43.0 Å². The standard InChI is InChI=1S/C17H17NO2/c1-12(17(19)20)18-15-8-4-2-6-13(15)10-11-14-7-3-5-9-16(14)18/h2-9,12H,10-11H2,1H3,(H,19,20)/p-1/t12-/m1/s1. The number of carboxylic acids is 1. The lowest BCUT2D eigenvalue weighted by Crippen LogP contribution is -2.44. The van der Waals surface area contributed by atoms with E-state index in [9.17, 15) is 9.90 Å². The fourth-order valence-corrected chi connectivity index (χ4v) is 2.84. The summed E-state index contributed by atoms with van der Waals surface area (Å²) in [4.78, 5) is 13.3. The van der Waals surface area contributed by atoms with Gasteiger partial charge in [-0.2, -0.15) is 0 Å². The molecule has 0 spiro atoms. The maximum atomic E-state index is 11.4. The lowest BCUT2D eigenvalue weighted by molar-refractivity contribution is -0.306. The van der Waals surface area contributed by atoms with Crippen molar-refractivity contribution in [2.75, 3.05) is 4.90 Å². The molecule has 3 nitrogen and oxygen atoms in total. The molecular weight excluding hydrogens is 250 g/mol. The van der Waals surface area contributed by atoms with Crippen molar-refractivity contribution in [2.45, 2.75) is 25.8 Å². The van der Waals surface area contributed by atoms with Crippen molar-refractivity contribution in [3.8, 4) is 0 Å². The van der Waals surface area contributed by atoms with Crippen molar-refractivity contribution in [1.29, 1.82) is 0 Å². The van der Waals surface area contributed by atoms with Crippen LogP contribution in [0.3, 0.4) is 0 Å². The van der Waals surface area contributed by atoms with Crippen LogP contribution in [0.1, 0.15) is 18.1 Å². The van der Waals surface area contributed by atoms with Gasteiger partial charge >= 0.3 is 0 Å². The van der Waals surface area contributed by atoms with Crippen molar-refractivity contribution in [3.63, 3.8) is 0 Å². The van der Waals surface area contributed by atoms with Crippen molar-refractivity contribution in [2.24, 2.45) is 0 Å². The summed E-state index contributed by atoms with van der Waals surface area (Å²) in [5.41, 5.74) is 4.29. The van der Waals surface area contributed by atoms with E-state index >= 15 is 0 Å². The van der Waals surface area contributed by atoms with Gasteiger partial charge in [-0.3, -0.25) is 0 Å². The molecule has 2 aromatic rings. The van der Waals surface area contributed by atoms with Crippen LogP contribution in [-0.4, -0.2) is 12.0 Å². The number of nitrogens with zero attached hydrogens (tertiary/aromatic N) is 1. The number of aryl methyl sites for hydroxylation is 2. The van der Waals surface area contributed by atoms with E-state index in [0.717, 1.165) is 24.2 Å². The molecule has 0 aliphatic carbocycles. The molecule has 0 aromatic heterocycles. The predicted molar refractivity (Wildman–Crippen MR) is 76.9 cm³/mol. The molecule has 3 heteroatoms. The van der Waals surface area contributed by atoms with Gasteiger partial charge in [0.2, 0.25) is 0 Å². The first-order valence-corrected chi connectivity index (χ1v) is 6.84. The van der Waals surface area contributed by atoms with Gasteiger partial charge in [-0.15, -0.1) is 0 Å². The minimum atomic E-state index is -1.06. The van der Waals surface area contributed by atoms with Gasteiger partial charge in [0.1, 0.15) is 0 Å². The molecule has 0 N–H and O–H groups in total. The maximum absolute atomic E-state index is 11.4. The lowest BCUT2D eigenvalue weighted by Gasteiger charge is -2.33. The minimum absolute atomic E-state index is 0.699. The van der Waals surface area contributed by atoms with E-state index < -0.39 is 12.0 Å². The molecule has 0 fully saturated rings. The summed E-state index contributed by atoms with van der Waals surface area (Å²) in [5.74, 6) is -1.06. The van der Waals surface area contributed by atoms with E-state index in [1.165, 1.54) is 11.1 Å². The highest BCUT2D eigenvalue weighted by atomic mass is 16.4. The Morgan fingerprint density at radius 3 is 1.90 bits per heavy atom. The molecule has 1 aliphatic rings. The highest BCUT2D eigenvalue weighted by Crippen LogP contribution is 2.37. The van der Waals surface area contributed by atoms with Crippen LogP contribution in [0.2, 0.25) is 0 Å². The van der Waals surface area contributed by atoms with E-state index in [1.54, 1.807) is 6.92 Å². The molecule has 0 saturated carbocycles. The Labute approximate surface area is 118 Å². The number of aliphatic carboxylic acids is 1. The van der Waals surface area contributed by atoms with Crippen LogP contribution in [0, 0.1) is 0 Å². The molecule has 1 atom stereocenters. The second kappa shape index (κ2) is 5.00. The zero-order valence-electron chi connectivity index (χ0n) is 11.4. The van der Waals surface area contributed by atoms with Crippen molar-refractivity contribution in [1.82, 2.24) is 0 Å². The van der Waals surface area contributed by atoms with Crippen LogP contribution < -0.4 is 10.0 Å². The largest absolute Gasteiger partial charge is 0.548 e. The van der Waals surface area contributed by atoms with Crippen LogP contribution in [0.25, 0.3) is 0 Å². The smallest absolute Gasteiger partial charge is 0.0708 e. The Hall–Kier alpha value is -2.29. The number of carboxylic acid groups (broad SMARTS) is 1. The summed E-state index contributed by atoms with van der Waals surface area (Å²) in [6, 6.07) is 15.3. The normalized spacial score (nSPS) is 14.9. The summed E-state index contributed by atoms with van der Waals surface area (Å²) in [6.45, 7) is 1.67. The fraction of sp³-hybridized carbons (Fsp3) is 0.235. The number of carbonyl (C=O) groups excluding carboxylic acids is 1. The van der Waals surface area contributed by atoms with E-state index in [-0.39, 0.29) is 0 Å². The third-order valence-electron chi connectivity index (χ3n) is 3.89. The maximum Gasteiger partial charge on any atom is 0.0708 e. The van der Waals surface area contributed by atoms with Crippen LogP contribution >= 0.6 is 0 Å². The van der Waals surface area contributed by atoms with E-state index in [4.69, 9.17) is 0 Å². The second-order valence-electron chi connectivity index (χ2n) is 5.12. The number of carbonyl (C=O) groups is 1. The molecular formula is C17H16NO2-. The number of anilines is 2. The molecule has 2 aromatic carbocycles. The molecule has 0 saturated heterocycles. The summed E-state index contributed by atoms with van der Waals surface area (Å²) in [7, 11) is 0. The van der Waals surface area contributed by atoms with E-state index in [2.05, 4.69) is 12.1 Å². The van der Waals surface area contributed by atoms with Gasteiger partial charge in [0.25, 0.3) is 0 Å². The average Bonchev–Trinajstić information content (AvgIpc) is 2.63. The monoisotopic (exact) mass is 266 g/mol. The number of para-hydroxylation sites is 2. The second-order valence-corrected chi connectivity index (χ2v) is 5.12. The van der Waals surface area contributed by atoms with Gasteiger partial charge in [-0.1, -0.05) is 36.4 Å². The molecule has 1 heterocycles. The molecule has 0 bridgehead atoms. The number of hydrogen-bond acceptors (Lipinski definition) is 3. The van der Waals surface area contributed by atoms with Gasteiger partial charge in [0.15, 0.2) is 0 Å². The van der Waals surface area contributed by atoms with E-state index in [0.29, 0.717) is 0 Å². The first kappa shape index (κ1) is 12.7. The quantitative estimate of drug-likeness (QED) is 0.835. The Morgan fingerprint density at radius 1 is 1.00 bits per heavy atom. The Balaban J connectivity index is 2.21. The summed E-state index contributed by atoms with van der Waals surface area (Å²) < 4.78 is 0. The topological polar surface area (TPSA) is 43.4 Å². The number of rotatable bonds is 2. The van der Waals surface area contributed by atoms with Crippen LogP contribution in [-0.2, 0) is 17.6 Å². The molecule has 3 rings (SSSR count). The van der Waals surface area contributed by atoms with Crippen molar-refractivity contribution >= 4 is 17.3 Å². The first-order valence-electron chi connectivity index (χ1n) is 6.84. The predicted octanol–water partition coefficient (Wildman–Crippen LogP) is 2.06. The lowest BCUT2D eigenvalue weighted by atomic mass is 10.0. The van der Waals surface area contributed by atoms with Gasteiger partial charge in [-0.25, -0.2) is 0 Å². The Kier molecular flexibility index (Phi) is 3.18. The fourth-order valence-electron chi connectivity index (χ4n) is 2.84. The zero-order valence-corrected chi connectivity index (χ0v) is 11.4. The summed E-state index contributed by atoms with van der Waals surface area (Å²) in [5, 5.41) is 11.4. The highest BCUT2D eigenvalue weighted by molar-refractivity contribution is 5.83. The van der Waals surface area contributed by atoms with Gasteiger partial charge in [0.05, 0.1) is 12.0 Å².